The minimum atomic E-state index is -0.322. The fourth-order valence-electron chi connectivity index (χ4n) is 3.80. The Labute approximate surface area is 132 Å². The van der Waals surface area contributed by atoms with Crippen molar-refractivity contribution in [2.45, 2.75) is 32.4 Å². The van der Waals surface area contributed by atoms with Crippen LogP contribution in [0.25, 0.3) is 21.9 Å². The molecule has 0 saturated carbocycles. The van der Waals surface area contributed by atoms with Gasteiger partial charge in [-0.15, -0.1) is 0 Å². The van der Waals surface area contributed by atoms with Crippen molar-refractivity contribution in [3.05, 3.63) is 40.7 Å². The van der Waals surface area contributed by atoms with Gasteiger partial charge in [0.2, 0.25) is 0 Å². The van der Waals surface area contributed by atoms with E-state index >= 15 is 0 Å². The van der Waals surface area contributed by atoms with E-state index in [2.05, 4.69) is 16.9 Å². The van der Waals surface area contributed by atoms with Gasteiger partial charge in [0.05, 0.1) is 26.0 Å². The molecule has 0 aliphatic carbocycles. The second kappa shape index (κ2) is 5.45. The van der Waals surface area contributed by atoms with Gasteiger partial charge in [0.25, 0.3) is 5.56 Å². The van der Waals surface area contributed by atoms with Gasteiger partial charge in [0, 0.05) is 23.7 Å². The molecule has 0 amide bonds. The van der Waals surface area contributed by atoms with E-state index in [-0.39, 0.29) is 11.4 Å². The number of likely N-dealkylation sites (N-methyl/N-ethyl adjacent to an activating group) is 1. The normalized spacial score (nSPS) is 21.5. The molecule has 1 aliphatic heterocycles. The van der Waals surface area contributed by atoms with E-state index in [0.29, 0.717) is 29.0 Å². The maximum atomic E-state index is 13.4. The van der Waals surface area contributed by atoms with Crippen molar-refractivity contribution in [2.24, 2.45) is 0 Å². The Morgan fingerprint density at radius 3 is 3.17 bits per heavy atom. The molecule has 0 radical (unpaired) electrons. The first-order chi connectivity index (χ1) is 11.2. The van der Waals surface area contributed by atoms with Crippen molar-refractivity contribution < 1.29 is 9.29 Å². The molecule has 4 rings (SSSR count). The highest BCUT2D eigenvalue weighted by Gasteiger charge is 2.27. The maximum absolute atomic E-state index is 13.4. The van der Waals surface area contributed by atoms with Gasteiger partial charge in [-0.3, -0.25) is 9.36 Å². The van der Waals surface area contributed by atoms with Crippen molar-refractivity contribution in [2.75, 3.05) is 13.1 Å². The zero-order chi connectivity index (χ0) is 16.0. The summed E-state index contributed by atoms with van der Waals surface area (Å²) in [6.07, 6.45) is 3.96. The van der Waals surface area contributed by atoms with Crippen LogP contribution in [0.3, 0.4) is 0 Å². The van der Waals surface area contributed by atoms with Crippen molar-refractivity contribution >= 4 is 21.9 Å². The summed E-state index contributed by atoms with van der Waals surface area (Å²) in [4.78, 5) is 21.8. The summed E-state index contributed by atoms with van der Waals surface area (Å²) in [7, 11) is 0. The molecule has 1 aromatic carbocycles. The molecule has 0 bridgehead atoms. The molecule has 1 fully saturated rings. The van der Waals surface area contributed by atoms with Crippen LogP contribution in [0.15, 0.2) is 29.3 Å². The number of halogens is 1. The van der Waals surface area contributed by atoms with E-state index in [1.807, 2.05) is 0 Å². The minimum Gasteiger partial charge on any atom is -0.349 e. The van der Waals surface area contributed by atoms with Gasteiger partial charge < -0.3 is 9.88 Å². The van der Waals surface area contributed by atoms with Crippen LogP contribution in [0, 0.1) is 5.82 Å². The molecule has 2 aromatic heterocycles. The van der Waals surface area contributed by atoms with E-state index in [9.17, 15) is 9.18 Å². The molecule has 0 spiro atoms. The molecule has 2 atom stereocenters. The number of fused-ring (bicyclic) bond motifs is 3. The number of benzene rings is 1. The van der Waals surface area contributed by atoms with Gasteiger partial charge in [0.1, 0.15) is 22.9 Å². The largest absolute Gasteiger partial charge is 0.349 e. The number of aromatic nitrogens is 3. The Kier molecular flexibility index (Phi) is 3.41. The summed E-state index contributed by atoms with van der Waals surface area (Å²) in [5, 5.41) is 0.658. The first-order valence-corrected chi connectivity index (χ1v) is 8.18. The van der Waals surface area contributed by atoms with Gasteiger partial charge >= 0.3 is 0 Å². The summed E-state index contributed by atoms with van der Waals surface area (Å²) >= 11 is 0. The van der Waals surface area contributed by atoms with Crippen LogP contribution in [-0.4, -0.2) is 33.7 Å². The molecular formula is C17H20FN4O+. The first-order valence-electron chi connectivity index (χ1n) is 8.18. The van der Waals surface area contributed by atoms with Crippen LogP contribution in [0.4, 0.5) is 4.39 Å². The van der Waals surface area contributed by atoms with E-state index in [1.54, 1.807) is 21.9 Å². The third-order valence-corrected chi connectivity index (χ3v) is 5.03. The molecule has 23 heavy (non-hydrogen) atoms. The highest BCUT2D eigenvalue weighted by molar-refractivity contribution is 6.04. The quantitative estimate of drug-likeness (QED) is 0.760. The SMILES string of the molecule is CC[NH+]1CCC[C@H]1Cn1cnc2c([nH]c3ccc(F)cc32)c1=O. The number of nitrogens with zero attached hydrogens (tertiary/aromatic N) is 2. The Hall–Kier alpha value is -2.21. The van der Waals surface area contributed by atoms with Crippen molar-refractivity contribution in [3.8, 4) is 0 Å². The molecule has 2 N–H and O–H groups in total. The monoisotopic (exact) mass is 315 g/mol. The third kappa shape index (κ3) is 2.34. The summed E-state index contributed by atoms with van der Waals surface area (Å²) < 4.78 is 15.1. The van der Waals surface area contributed by atoms with Crippen LogP contribution in [-0.2, 0) is 6.54 Å². The Balaban J connectivity index is 1.79. The van der Waals surface area contributed by atoms with Crippen LogP contribution in [0.5, 0.6) is 0 Å². The second-order valence-corrected chi connectivity index (χ2v) is 6.34. The molecule has 120 valence electrons. The molecule has 1 saturated heterocycles. The zero-order valence-corrected chi connectivity index (χ0v) is 13.1. The van der Waals surface area contributed by atoms with E-state index in [4.69, 9.17) is 0 Å². The van der Waals surface area contributed by atoms with Crippen LogP contribution >= 0.6 is 0 Å². The average Bonchev–Trinajstić information content (AvgIpc) is 3.14. The van der Waals surface area contributed by atoms with Crippen LogP contribution < -0.4 is 10.5 Å². The van der Waals surface area contributed by atoms with E-state index in [0.717, 1.165) is 18.5 Å². The molecule has 1 unspecified atom stereocenters. The van der Waals surface area contributed by atoms with Crippen LogP contribution in [0.1, 0.15) is 19.8 Å². The molecule has 6 heteroatoms. The standard InChI is InChI=1S/C17H19FN4O/c1-2-21-7-3-4-12(21)9-22-10-19-15-13-8-11(18)5-6-14(13)20-16(15)17(22)23/h5-6,8,10,12,20H,2-4,7,9H2,1H3/p+1/t12-/m0/s1. The number of hydrogen-bond donors (Lipinski definition) is 2. The fraction of sp³-hybridized carbons (Fsp3) is 0.412. The number of likely N-dealkylation sites (tertiary alicyclic amines) is 1. The first kappa shape index (κ1) is 14.4. The number of aromatic amines is 1. The molecule has 3 aromatic rings. The van der Waals surface area contributed by atoms with E-state index < -0.39 is 0 Å². The summed E-state index contributed by atoms with van der Waals surface area (Å²) in [5.41, 5.74) is 1.68. The van der Waals surface area contributed by atoms with Gasteiger partial charge in [-0.25, -0.2) is 9.37 Å². The predicted molar refractivity (Wildman–Crippen MR) is 87.2 cm³/mol. The lowest BCUT2D eigenvalue weighted by atomic mass is 10.2. The topological polar surface area (TPSA) is 55.1 Å². The summed E-state index contributed by atoms with van der Waals surface area (Å²) in [6, 6.07) is 4.93. The molecular weight excluding hydrogens is 295 g/mol. The average molecular weight is 315 g/mol. The van der Waals surface area contributed by atoms with Crippen molar-refractivity contribution in [1.29, 1.82) is 0 Å². The van der Waals surface area contributed by atoms with Crippen molar-refractivity contribution in [1.82, 2.24) is 14.5 Å². The second-order valence-electron chi connectivity index (χ2n) is 6.34. The fourth-order valence-corrected chi connectivity index (χ4v) is 3.80. The van der Waals surface area contributed by atoms with Crippen LogP contribution in [0.2, 0.25) is 0 Å². The lowest BCUT2D eigenvalue weighted by Gasteiger charge is -2.20. The predicted octanol–water partition coefficient (Wildman–Crippen LogP) is 1.08. The Morgan fingerprint density at radius 2 is 2.35 bits per heavy atom. The highest BCUT2D eigenvalue weighted by atomic mass is 19.1. The van der Waals surface area contributed by atoms with Gasteiger partial charge in [-0.2, -0.15) is 0 Å². The zero-order valence-electron chi connectivity index (χ0n) is 13.1. The molecule has 3 heterocycles. The Morgan fingerprint density at radius 1 is 1.48 bits per heavy atom. The van der Waals surface area contributed by atoms with Gasteiger partial charge in [0.15, 0.2) is 0 Å². The summed E-state index contributed by atoms with van der Waals surface area (Å²) in [5.74, 6) is -0.322. The summed E-state index contributed by atoms with van der Waals surface area (Å²) in [6.45, 7) is 5.14. The number of hydrogen-bond acceptors (Lipinski definition) is 2. The van der Waals surface area contributed by atoms with Gasteiger partial charge in [-0.1, -0.05) is 0 Å². The lowest BCUT2D eigenvalue weighted by molar-refractivity contribution is -0.911. The third-order valence-electron chi connectivity index (χ3n) is 5.03. The molecule has 5 nitrogen and oxygen atoms in total. The van der Waals surface area contributed by atoms with Gasteiger partial charge in [-0.05, 0) is 25.1 Å². The number of H-pyrrole nitrogens is 1. The van der Waals surface area contributed by atoms with E-state index in [1.165, 1.54) is 25.1 Å². The smallest absolute Gasteiger partial charge is 0.277 e. The number of nitrogens with one attached hydrogen (secondary N) is 2. The number of rotatable bonds is 3. The van der Waals surface area contributed by atoms with Crippen molar-refractivity contribution in [3.63, 3.8) is 0 Å². The highest BCUT2D eigenvalue weighted by Crippen LogP contribution is 2.22. The maximum Gasteiger partial charge on any atom is 0.277 e. The minimum absolute atomic E-state index is 0.0750. The molecule has 1 aliphatic rings. The Bertz CT molecular complexity index is 929. The number of quaternary nitrogens is 1. The lowest BCUT2D eigenvalue weighted by Crippen LogP contribution is -3.13.